The van der Waals surface area contributed by atoms with Crippen molar-refractivity contribution in [3.8, 4) is 11.5 Å². The molecule has 0 spiro atoms. The van der Waals surface area contributed by atoms with Crippen molar-refractivity contribution in [2.75, 3.05) is 35.7 Å². The number of pyridine rings is 2. The lowest BCUT2D eigenvalue weighted by atomic mass is 9.74. The minimum absolute atomic E-state index is 0.0286. The molecule has 1 saturated carbocycles. The monoisotopic (exact) mass is 481 g/mol. The fraction of sp³-hybridized carbons (Fsp3) is 0.407. The molecule has 36 heavy (non-hydrogen) atoms. The summed E-state index contributed by atoms with van der Waals surface area (Å²) in [6.07, 6.45) is 8.08. The first-order valence-electron chi connectivity index (χ1n) is 12.9. The summed E-state index contributed by atoms with van der Waals surface area (Å²) in [5, 5.41) is 7.80. The van der Waals surface area contributed by atoms with Gasteiger partial charge in [-0.05, 0) is 49.9 Å². The van der Waals surface area contributed by atoms with Crippen LogP contribution in [0.2, 0.25) is 0 Å². The summed E-state index contributed by atoms with van der Waals surface area (Å²) in [5.74, 6) is 1.89. The Morgan fingerprint density at radius 3 is 2.61 bits per heavy atom. The SMILES string of the molecule is CNc1ncc(-c2nc3cc(N4CC5CC6CC(C4)N65)ccc3o2)c2cc(NC(=O)C3CC3)ncc12. The Morgan fingerprint density at radius 1 is 1.03 bits per heavy atom. The number of nitrogens with zero attached hydrogens (tertiary/aromatic N) is 5. The summed E-state index contributed by atoms with van der Waals surface area (Å²) in [6, 6.07) is 10.5. The van der Waals surface area contributed by atoms with Crippen molar-refractivity contribution >= 4 is 45.1 Å². The number of hydrogen-bond donors (Lipinski definition) is 2. The molecule has 0 bridgehead atoms. The Hall–Kier alpha value is -3.72. The summed E-state index contributed by atoms with van der Waals surface area (Å²) in [5.41, 5.74) is 3.57. The maximum atomic E-state index is 12.3. The number of fused-ring (bicyclic) bond motifs is 2. The number of piperazine rings is 1. The van der Waals surface area contributed by atoms with Crippen LogP contribution in [0.4, 0.5) is 17.3 Å². The molecule has 182 valence electrons. The molecule has 2 N–H and O–H groups in total. The first-order chi connectivity index (χ1) is 17.6. The Labute approximate surface area is 207 Å². The van der Waals surface area contributed by atoms with Gasteiger partial charge >= 0.3 is 0 Å². The third-order valence-electron chi connectivity index (χ3n) is 8.39. The molecule has 9 nitrogen and oxygen atoms in total. The number of oxazole rings is 1. The van der Waals surface area contributed by atoms with Gasteiger partial charge in [0, 0.05) is 73.0 Å². The summed E-state index contributed by atoms with van der Waals surface area (Å²) in [7, 11) is 1.83. The highest BCUT2D eigenvalue weighted by Crippen LogP contribution is 2.46. The van der Waals surface area contributed by atoms with E-state index in [0.717, 1.165) is 59.4 Å². The van der Waals surface area contributed by atoms with Crippen LogP contribution in [0.1, 0.15) is 25.7 Å². The highest BCUT2D eigenvalue weighted by Gasteiger charge is 2.54. The average Bonchev–Trinajstić information content (AvgIpc) is 3.63. The van der Waals surface area contributed by atoms with Gasteiger partial charge in [-0.25, -0.2) is 15.0 Å². The van der Waals surface area contributed by atoms with Gasteiger partial charge in [0.25, 0.3) is 0 Å². The van der Waals surface area contributed by atoms with E-state index >= 15 is 0 Å². The maximum Gasteiger partial charge on any atom is 0.229 e. The molecule has 3 aromatic heterocycles. The number of nitrogens with one attached hydrogen (secondary N) is 2. The molecule has 2 atom stereocenters. The summed E-state index contributed by atoms with van der Waals surface area (Å²) >= 11 is 0. The lowest BCUT2D eigenvalue weighted by molar-refractivity contribution is -0.126. The normalized spacial score (nSPS) is 24.8. The van der Waals surface area contributed by atoms with Crippen LogP contribution in [-0.4, -0.2) is 64.0 Å². The topological polar surface area (TPSA) is 99.4 Å². The summed E-state index contributed by atoms with van der Waals surface area (Å²) in [6.45, 7) is 2.18. The van der Waals surface area contributed by atoms with Crippen molar-refractivity contribution in [1.29, 1.82) is 0 Å². The molecule has 0 radical (unpaired) electrons. The maximum absolute atomic E-state index is 12.3. The molecule has 6 heterocycles. The number of carbonyl (C=O) groups excluding carboxylic acids is 1. The minimum Gasteiger partial charge on any atom is -0.436 e. The van der Waals surface area contributed by atoms with E-state index < -0.39 is 0 Å². The van der Waals surface area contributed by atoms with Gasteiger partial charge in [-0.2, -0.15) is 0 Å². The van der Waals surface area contributed by atoms with Crippen LogP contribution in [0.3, 0.4) is 0 Å². The molecule has 3 saturated heterocycles. The van der Waals surface area contributed by atoms with E-state index in [1.54, 1.807) is 12.4 Å². The molecule has 9 heteroatoms. The Balaban J connectivity index is 1.16. The van der Waals surface area contributed by atoms with Crippen LogP contribution in [0.25, 0.3) is 33.3 Å². The predicted molar refractivity (Wildman–Crippen MR) is 138 cm³/mol. The molecule has 4 aliphatic rings. The van der Waals surface area contributed by atoms with Gasteiger partial charge in [0.2, 0.25) is 11.8 Å². The molecule has 1 aliphatic carbocycles. The molecular weight excluding hydrogens is 454 g/mol. The lowest BCUT2D eigenvalue weighted by Gasteiger charge is -2.66. The number of piperidine rings is 1. The standard InChI is InChI=1S/C27H27N7O2/c1-28-25-20-10-29-24(32-26(35)14-2-3-14)9-19(20)21(11-30-25)27-31-22-8-15(4-5-23(22)36-27)33-12-17-6-16-7-18(13-33)34(16)17/h4-5,8-11,14,16-18H,2-3,6-7,12-13H2,1H3,(H,28,30)(H,29,32,35). The largest absolute Gasteiger partial charge is 0.436 e. The van der Waals surface area contributed by atoms with Crippen molar-refractivity contribution < 1.29 is 9.21 Å². The van der Waals surface area contributed by atoms with Crippen molar-refractivity contribution in [3.63, 3.8) is 0 Å². The summed E-state index contributed by atoms with van der Waals surface area (Å²) < 4.78 is 6.22. The van der Waals surface area contributed by atoms with Gasteiger partial charge in [-0.1, -0.05) is 0 Å². The fourth-order valence-corrected chi connectivity index (χ4v) is 6.34. The van der Waals surface area contributed by atoms with Gasteiger partial charge in [0.05, 0.1) is 5.56 Å². The molecule has 8 rings (SSSR count). The molecule has 3 aliphatic heterocycles. The van der Waals surface area contributed by atoms with E-state index in [0.29, 0.717) is 29.6 Å². The third-order valence-corrected chi connectivity index (χ3v) is 8.39. The van der Waals surface area contributed by atoms with Gasteiger partial charge in [0.15, 0.2) is 5.58 Å². The fourth-order valence-electron chi connectivity index (χ4n) is 6.34. The van der Waals surface area contributed by atoms with Crippen molar-refractivity contribution in [1.82, 2.24) is 19.9 Å². The molecular formula is C27H27N7O2. The number of carbonyl (C=O) groups is 1. The van der Waals surface area contributed by atoms with Crippen LogP contribution in [0, 0.1) is 5.92 Å². The zero-order valence-electron chi connectivity index (χ0n) is 20.1. The molecule has 4 aromatic rings. The van der Waals surface area contributed by atoms with Crippen LogP contribution in [0.5, 0.6) is 0 Å². The van der Waals surface area contributed by atoms with E-state index in [1.165, 1.54) is 18.5 Å². The lowest BCUT2D eigenvalue weighted by Crippen LogP contribution is -2.77. The van der Waals surface area contributed by atoms with Crippen molar-refractivity contribution in [2.45, 2.75) is 43.8 Å². The van der Waals surface area contributed by atoms with E-state index in [1.807, 2.05) is 19.2 Å². The number of hydrogen-bond acceptors (Lipinski definition) is 8. The Bertz CT molecular complexity index is 1530. The highest BCUT2D eigenvalue weighted by molar-refractivity contribution is 6.03. The number of rotatable bonds is 5. The van der Waals surface area contributed by atoms with Crippen LogP contribution in [0.15, 0.2) is 41.1 Å². The number of aromatic nitrogens is 3. The average molecular weight is 482 g/mol. The smallest absolute Gasteiger partial charge is 0.229 e. The number of benzene rings is 1. The van der Waals surface area contributed by atoms with Gasteiger partial charge in [0.1, 0.15) is 17.2 Å². The number of anilines is 3. The van der Waals surface area contributed by atoms with E-state index in [-0.39, 0.29) is 11.8 Å². The molecule has 1 amide bonds. The molecule has 4 fully saturated rings. The Morgan fingerprint density at radius 2 is 1.86 bits per heavy atom. The quantitative estimate of drug-likeness (QED) is 0.443. The van der Waals surface area contributed by atoms with Crippen LogP contribution < -0.4 is 15.5 Å². The number of amides is 1. The molecule has 1 aromatic carbocycles. The van der Waals surface area contributed by atoms with E-state index in [4.69, 9.17) is 9.40 Å². The predicted octanol–water partition coefficient (Wildman–Crippen LogP) is 3.86. The second-order valence-corrected chi connectivity index (χ2v) is 10.6. The first-order valence-corrected chi connectivity index (χ1v) is 12.9. The minimum atomic E-state index is 0.0286. The van der Waals surface area contributed by atoms with E-state index in [9.17, 15) is 4.79 Å². The van der Waals surface area contributed by atoms with E-state index in [2.05, 4.69) is 42.5 Å². The third kappa shape index (κ3) is 3.05. The van der Waals surface area contributed by atoms with Crippen LogP contribution in [-0.2, 0) is 4.79 Å². The first kappa shape index (κ1) is 20.5. The van der Waals surface area contributed by atoms with Crippen molar-refractivity contribution in [2.24, 2.45) is 5.92 Å². The van der Waals surface area contributed by atoms with Gasteiger partial charge < -0.3 is 20.0 Å². The zero-order chi connectivity index (χ0) is 24.0. The highest BCUT2D eigenvalue weighted by atomic mass is 16.3. The molecule has 2 unspecified atom stereocenters. The second kappa shape index (κ2) is 7.39. The zero-order valence-corrected chi connectivity index (χ0v) is 20.1. The van der Waals surface area contributed by atoms with Gasteiger partial charge in [-0.3, -0.25) is 9.69 Å². The van der Waals surface area contributed by atoms with Crippen LogP contribution >= 0.6 is 0 Å². The summed E-state index contributed by atoms with van der Waals surface area (Å²) in [4.78, 5) is 31.4. The van der Waals surface area contributed by atoms with Crippen molar-refractivity contribution in [3.05, 3.63) is 36.7 Å². The second-order valence-electron chi connectivity index (χ2n) is 10.6. The Kier molecular flexibility index (Phi) is 4.20. The van der Waals surface area contributed by atoms with Gasteiger partial charge in [-0.15, -0.1) is 0 Å².